The Morgan fingerprint density at radius 3 is 2.57 bits per heavy atom. The van der Waals surface area contributed by atoms with Gasteiger partial charge in [-0.25, -0.2) is 0 Å². The van der Waals surface area contributed by atoms with Crippen molar-refractivity contribution in [1.82, 2.24) is 10.3 Å². The van der Waals surface area contributed by atoms with Crippen LogP contribution in [-0.4, -0.2) is 28.4 Å². The van der Waals surface area contributed by atoms with Crippen LogP contribution in [0, 0.1) is 17.0 Å². The first-order valence-electron chi connectivity index (χ1n) is 10.7. The van der Waals surface area contributed by atoms with Crippen LogP contribution in [0.15, 0.2) is 66.9 Å². The van der Waals surface area contributed by atoms with Gasteiger partial charge in [0.1, 0.15) is 5.69 Å². The van der Waals surface area contributed by atoms with Gasteiger partial charge in [0.15, 0.2) is 11.5 Å². The standard InChI is InChI=1S/C25H20N4O6/c1-15-6-8-20(21(10-15)29(32)33)27-26-12-19-17-4-2-3-5-18(17)24(30)28(25(19)31)13-16-7-9-22-23(11-16)35-14-34-22/h2-12,26-27H,13-14H2,1H3/b19-12+. The minimum atomic E-state index is -0.501. The average molecular weight is 472 g/mol. The number of hydrogen-bond donors (Lipinski definition) is 2. The molecule has 0 aliphatic carbocycles. The first kappa shape index (κ1) is 22.0. The highest BCUT2D eigenvalue weighted by Gasteiger charge is 2.35. The number of anilines is 1. The second kappa shape index (κ2) is 8.82. The Morgan fingerprint density at radius 1 is 1.00 bits per heavy atom. The number of nitrogens with one attached hydrogen (secondary N) is 2. The van der Waals surface area contributed by atoms with Gasteiger partial charge in [-0.05, 0) is 42.3 Å². The van der Waals surface area contributed by atoms with Crippen molar-refractivity contribution < 1.29 is 24.0 Å². The van der Waals surface area contributed by atoms with E-state index in [0.29, 0.717) is 28.2 Å². The number of hydrazine groups is 1. The van der Waals surface area contributed by atoms with Crippen LogP contribution in [0.4, 0.5) is 11.4 Å². The highest BCUT2D eigenvalue weighted by atomic mass is 16.7. The maximum atomic E-state index is 13.4. The molecule has 0 radical (unpaired) electrons. The number of imide groups is 1. The topological polar surface area (TPSA) is 123 Å². The van der Waals surface area contributed by atoms with Crippen molar-refractivity contribution in [2.24, 2.45) is 0 Å². The third-order valence-corrected chi connectivity index (χ3v) is 5.72. The summed E-state index contributed by atoms with van der Waals surface area (Å²) in [5.41, 5.74) is 8.22. The van der Waals surface area contributed by atoms with Gasteiger partial charge in [0.25, 0.3) is 17.5 Å². The molecule has 0 saturated heterocycles. The van der Waals surface area contributed by atoms with Gasteiger partial charge in [0.05, 0.1) is 17.0 Å². The molecule has 0 saturated carbocycles. The van der Waals surface area contributed by atoms with Crippen molar-refractivity contribution >= 4 is 28.8 Å². The number of nitrogens with zero attached hydrogens (tertiary/aromatic N) is 2. The monoisotopic (exact) mass is 472 g/mol. The number of hydrogen-bond acceptors (Lipinski definition) is 8. The molecule has 176 valence electrons. The number of carbonyl (C=O) groups is 2. The maximum absolute atomic E-state index is 13.4. The number of ether oxygens (including phenoxy) is 2. The third kappa shape index (κ3) is 4.12. The molecular formula is C25H20N4O6. The molecule has 3 aromatic carbocycles. The van der Waals surface area contributed by atoms with E-state index < -0.39 is 16.7 Å². The van der Waals surface area contributed by atoms with E-state index in [1.165, 1.54) is 12.3 Å². The molecule has 2 aliphatic rings. The summed E-state index contributed by atoms with van der Waals surface area (Å²) in [5, 5.41) is 11.4. The molecule has 10 heteroatoms. The van der Waals surface area contributed by atoms with Crippen molar-refractivity contribution in [1.29, 1.82) is 0 Å². The fraction of sp³-hybridized carbons (Fsp3) is 0.120. The van der Waals surface area contributed by atoms with Gasteiger partial charge in [-0.1, -0.05) is 30.3 Å². The van der Waals surface area contributed by atoms with Crippen LogP contribution >= 0.6 is 0 Å². The molecule has 2 N–H and O–H groups in total. The average Bonchev–Trinajstić information content (AvgIpc) is 3.32. The number of nitro groups is 1. The smallest absolute Gasteiger partial charge is 0.294 e. The second-order valence-corrected chi connectivity index (χ2v) is 8.03. The summed E-state index contributed by atoms with van der Waals surface area (Å²) >= 11 is 0. The summed E-state index contributed by atoms with van der Waals surface area (Å²) in [6, 6.07) is 16.8. The molecule has 0 fully saturated rings. The van der Waals surface area contributed by atoms with Crippen LogP contribution in [0.2, 0.25) is 0 Å². The van der Waals surface area contributed by atoms with E-state index in [1.807, 2.05) is 0 Å². The molecule has 0 atom stereocenters. The van der Waals surface area contributed by atoms with Crippen LogP contribution in [0.25, 0.3) is 5.57 Å². The zero-order valence-corrected chi connectivity index (χ0v) is 18.6. The van der Waals surface area contributed by atoms with Crippen LogP contribution < -0.4 is 20.3 Å². The minimum Gasteiger partial charge on any atom is -0.454 e. The van der Waals surface area contributed by atoms with Gasteiger partial charge in [-0.2, -0.15) is 0 Å². The van der Waals surface area contributed by atoms with Gasteiger partial charge in [0.2, 0.25) is 6.79 Å². The van der Waals surface area contributed by atoms with Crippen molar-refractivity contribution in [2.75, 3.05) is 12.2 Å². The number of carbonyl (C=O) groups excluding carboxylic acids is 2. The fourth-order valence-electron chi connectivity index (χ4n) is 3.99. The molecule has 0 aromatic heterocycles. The number of amides is 2. The molecule has 0 spiro atoms. The molecule has 2 heterocycles. The van der Waals surface area contributed by atoms with Crippen LogP contribution in [-0.2, 0) is 11.3 Å². The Balaban J connectivity index is 1.43. The third-order valence-electron chi connectivity index (χ3n) is 5.72. The van der Waals surface area contributed by atoms with Crippen molar-refractivity contribution in [2.45, 2.75) is 13.5 Å². The van der Waals surface area contributed by atoms with Crippen LogP contribution in [0.5, 0.6) is 11.5 Å². The molecule has 2 aliphatic heterocycles. The summed E-state index contributed by atoms with van der Waals surface area (Å²) < 4.78 is 10.7. The number of benzene rings is 3. The van der Waals surface area contributed by atoms with Crippen molar-refractivity contribution in [3.8, 4) is 11.5 Å². The van der Waals surface area contributed by atoms with Gasteiger partial charge < -0.3 is 14.9 Å². The summed E-state index contributed by atoms with van der Waals surface area (Å²) in [7, 11) is 0. The van der Waals surface area contributed by atoms with E-state index in [9.17, 15) is 19.7 Å². The zero-order valence-electron chi connectivity index (χ0n) is 18.6. The highest BCUT2D eigenvalue weighted by molar-refractivity contribution is 6.30. The van der Waals surface area contributed by atoms with Crippen LogP contribution in [0.3, 0.4) is 0 Å². The molecule has 0 unspecified atom stereocenters. The van der Waals surface area contributed by atoms with E-state index in [4.69, 9.17) is 9.47 Å². The van der Waals surface area contributed by atoms with Crippen molar-refractivity contribution in [3.05, 3.63) is 99.2 Å². The van der Waals surface area contributed by atoms with Crippen LogP contribution in [0.1, 0.15) is 27.0 Å². The summed E-state index contributed by atoms with van der Waals surface area (Å²) in [5.74, 6) is 0.249. The SMILES string of the molecule is Cc1ccc(NN/C=C2/C(=O)N(Cc3ccc4c(c3)OCO4)C(=O)c3ccccc32)c([N+](=O)[O-])c1. The summed E-state index contributed by atoms with van der Waals surface area (Å²) in [6.45, 7) is 1.92. The Morgan fingerprint density at radius 2 is 1.77 bits per heavy atom. The van der Waals surface area contributed by atoms with E-state index in [0.717, 1.165) is 10.5 Å². The van der Waals surface area contributed by atoms with Gasteiger partial charge >= 0.3 is 0 Å². The molecule has 3 aromatic rings. The number of rotatable bonds is 6. The maximum Gasteiger partial charge on any atom is 0.294 e. The van der Waals surface area contributed by atoms with E-state index >= 15 is 0 Å². The molecule has 2 amide bonds. The van der Waals surface area contributed by atoms with E-state index in [2.05, 4.69) is 10.9 Å². The molecule has 0 bridgehead atoms. The fourth-order valence-corrected chi connectivity index (χ4v) is 3.99. The Bertz CT molecular complexity index is 1400. The lowest BCUT2D eigenvalue weighted by Gasteiger charge is -2.28. The number of fused-ring (bicyclic) bond motifs is 2. The quantitative estimate of drug-likeness (QED) is 0.241. The first-order valence-corrected chi connectivity index (χ1v) is 10.7. The molecule has 35 heavy (non-hydrogen) atoms. The van der Waals surface area contributed by atoms with E-state index in [1.54, 1.807) is 61.5 Å². The minimum absolute atomic E-state index is 0.0385. The Hall–Kier alpha value is -4.86. The van der Waals surface area contributed by atoms with Gasteiger partial charge in [0, 0.05) is 23.4 Å². The lowest BCUT2D eigenvalue weighted by molar-refractivity contribution is -0.384. The molecule has 10 nitrogen and oxygen atoms in total. The second-order valence-electron chi connectivity index (χ2n) is 8.03. The van der Waals surface area contributed by atoms with Gasteiger partial charge in [-0.15, -0.1) is 0 Å². The number of aryl methyl sites for hydroxylation is 1. The lowest BCUT2D eigenvalue weighted by Crippen LogP contribution is -2.41. The number of nitro benzene ring substituents is 1. The highest BCUT2D eigenvalue weighted by Crippen LogP contribution is 2.34. The summed E-state index contributed by atoms with van der Waals surface area (Å²) in [4.78, 5) is 38.6. The first-order chi connectivity index (χ1) is 16.9. The Kier molecular flexibility index (Phi) is 5.54. The summed E-state index contributed by atoms with van der Waals surface area (Å²) in [6.07, 6.45) is 1.41. The van der Waals surface area contributed by atoms with E-state index in [-0.39, 0.29) is 30.3 Å². The molecule has 5 rings (SSSR count). The van der Waals surface area contributed by atoms with Gasteiger partial charge in [-0.3, -0.25) is 30.0 Å². The van der Waals surface area contributed by atoms with Crippen molar-refractivity contribution in [3.63, 3.8) is 0 Å². The lowest BCUT2D eigenvalue weighted by atomic mass is 9.94. The Labute approximate surface area is 199 Å². The predicted octanol–water partition coefficient (Wildman–Crippen LogP) is 3.77. The largest absolute Gasteiger partial charge is 0.454 e. The zero-order chi connectivity index (χ0) is 24.5. The molecular weight excluding hydrogens is 452 g/mol. The predicted molar refractivity (Wildman–Crippen MR) is 126 cm³/mol. The normalized spacial score (nSPS) is 15.2.